The Balaban J connectivity index is 1.63. The number of rotatable bonds is 5. The van der Waals surface area contributed by atoms with Gasteiger partial charge in [-0.25, -0.2) is 0 Å². The molecule has 2 aromatic carbocycles. The summed E-state index contributed by atoms with van der Waals surface area (Å²) in [6.07, 6.45) is 2.35. The Morgan fingerprint density at radius 3 is 2.56 bits per heavy atom. The predicted octanol–water partition coefficient (Wildman–Crippen LogP) is 4.39. The summed E-state index contributed by atoms with van der Waals surface area (Å²) in [6.45, 7) is 2.04. The Hall–Kier alpha value is -2.60. The summed E-state index contributed by atoms with van der Waals surface area (Å²) in [5.74, 6) is -0.217. The molecule has 0 saturated carbocycles. The first-order valence-corrected chi connectivity index (χ1v) is 8.72. The highest BCUT2D eigenvalue weighted by molar-refractivity contribution is 9.10. The van der Waals surface area contributed by atoms with Crippen LogP contribution in [-0.4, -0.2) is 16.4 Å². The minimum Gasteiger partial charge on any atom is -0.347 e. The third kappa shape index (κ3) is 4.48. The molecule has 2 N–H and O–H groups in total. The van der Waals surface area contributed by atoms with Crippen LogP contribution in [-0.2, 0) is 16.1 Å². The van der Waals surface area contributed by atoms with Gasteiger partial charge in [-0.2, -0.15) is 0 Å². The standard InChI is InChI=1S/C19H18BrN3O2/c1-13(24)21-16-3-2-4-17(12-16)22-19(25)8-10-23-9-7-14-5-6-15(20)11-18(14)23/h2-7,9,11-12H,8,10H2,1H3,(H,21,24)(H,22,25). The number of carbonyl (C=O) groups excluding carboxylic acids is 2. The Labute approximate surface area is 154 Å². The van der Waals surface area contributed by atoms with Crippen LogP contribution in [0.15, 0.2) is 59.2 Å². The molecule has 3 aromatic rings. The van der Waals surface area contributed by atoms with Crippen molar-refractivity contribution in [1.82, 2.24) is 4.57 Å². The molecule has 0 aliphatic rings. The van der Waals surface area contributed by atoms with Gasteiger partial charge in [0.15, 0.2) is 0 Å². The summed E-state index contributed by atoms with van der Waals surface area (Å²) in [5.41, 5.74) is 2.41. The first-order valence-electron chi connectivity index (χ1n) is 7.93. The average Bonchev–Trinajstić information content (AvgIpc) is 2.95. The second-order valence-electron chi connectivity index (χ2n) is 5.77. The smallest absolute Gasteiger partial charge is 0.226 e. The van der Waals surface area contributed by atoms with Crippen molar-refractivity contribution in [2.24, 2.45) is 0 Å². The molecule has 0 spiro atoms. The number of aryl methyl sites for hydroxylation is 1. The Bertz CT molecular complexity index is 933. The lowest BCUT2D eigenvalue weighted by Crippen LogP contribution is -2.14. The summed E-state index contributed by atoms with van der Waals surface area (Å²) in [5, 5.41) is 6.71. The number of benzene rings is 2. The van der Waals surface area contributed by atoms with Gasteiger partial charge < -0.3 is 15.2 Å². The van der Waals surface area contributed by atoms with Gasteiger partial charge in [0.2, 0.25) is 11.8 Å². The molecule has 0 aliphatic heterocycles. The monoisotopic (exact) mass is 399 g/mol. The Morgan fingerprint density at radius 2 is 1.80 bits per heavy atom. The summed E-state index contributed by atoms with van der Waals surface area (Å²) >= 11 is 3.48. The van der Waals surface area contributed by atoms with Crippen LogP contribution in [0.3, 0.4) is 0 Å². The molecule has 0 saturated heterocycles. The van der Waals surface area contributed by atoms with Gasteiger partial charge in [0.1, 0.15) is 0 Å². The van der Waals surface area contributed by atoms with Crippen molar-refractivity contribution < 1.29 is 9.59 Å². The molecule has 1 heterocycles. The highest BCUT2D eigenvalue weighted by Gasteiger charge is 2.07. The molecule has 0 radical (unpaired) electrons. The van der Waals surface area contributed by atoms with Crippen molar-refractivity contribution in [3.05, 3.63) is 59.2 Å². The molecule has 0 aliphatic carbocycles. The number of nitrogens with zero attached hydrogens (tertiary/aromatic N) is 1. The van der Waals surface area contributed by atoms with Crippen LogP contribution in [0.1, 0.15) is 13.3 Å². The van der Waals surface area contributed by atoms with Gasteiger partial charge in [0, 0.05) is 47.5 Å². The van der Waals surface area contributed by atoms with Crippen LogP contribution in [0.5, 0.6) is 0 Å². The van der Waals surface area contributed by atoms with Crippen LogP contribution in [0.25, 0.3) is 10.9 Å². The quantitative estimate of drug-likeness (QED) is 0.667. The highest BCUT2D eigenvalue weighted by Crippen LogP contribution is 2.21. The van der Waals surface area contributed by atoms with Crippen LogP contribution in [0.4, 0.5) is 11.4 Å². The molecule has 0 bridgehead atoms. The van der Waals surface area contributed by atoms with E-state index < -0.39 is 0 Å². The van der Waals surface area contributed by atoms with E-state index in [-0.39, 0.29) is 11.8 Å². The first-order chi connectivity index (χ1) is 12.0. The molecule has 1 aromatic heterocycles. The maximum atomic E-state index is 12.2. The van der Waals surface area contributed by atoms with Gasteiger partial charge in [0.25, 0.3) is 0 Å². The fraction of sp³-hybridized carbons (Fsp3) is 0.158. The Kier molecular flexibility index (Phi) is 5.19. The van der Waals surface area contributed by atoms with Gasteiger partial charge in [-0.15, -0.1) is 0 Å². The second kappa shape index (κ2) is 7.53. The van der Waals surface area contributed by atoms with Crippen LogP contribution >= 0.6 is 15.9 Å². The SMILES string of the molecule is CC(=O)Nc1cccc(NC(=O)CCn2ccc3ccc(Br)cc32)c1. The van der Waals surface area contributed by atoms with Crippen LogP contribution < -0.4 is 10.6 Å². The molecule has 25 heavy (non-hydrogen) atoms. The van der Waals surface area contributed by atoms with Crippen molar-refractivity contribution in [2.75, 3.05) is 10.6 Å². The number of nitrogens with one attached hydrogen (secondary N) is 2. The van der Waals surface area contributed by atoms with Crippen molar-refractivity contribution in [3.63, 3.8) is 0 Å². The number of hydrogen-bond acceptors (Lipinski definition) is 2. The largest absolute Gasteiger partial charge is 0.347 e. The predicted molar refractivity (Wildman–Crippen MR) is 104 cm³/mol. The molecule has 128 valence electrons. The lowest BCUT2D eigenvalue weighted by Gasteiger charge is -2.09. The summed E-state index contributed by atoms with van der Waals surface area (Å²) in [6, 6.07) is 15.2. The van der Waals surface area contributed by atoms with Crippen LogP contribution in [0.2, 0.25) is 0 Å². The van der Waals surface area contributed by atoms with Gasteiger partial charge in [-0.3, -0.25) is 9.59 Å². The minimum absolute atomic E-state index is 0.0724. The lowest BCUT2D eigenvalue weighted by molar-refractivity contribution is -0.116. The van der Waals surface area contributed by atoms with Gasteiger partial charge in [-0.1, -0.05) is 28.1 Å². The van der Waals surface area contributed by atoms with E-state index in [1.54, 1.807) is 24.3 Å². The number of hydrogen-bond donors (Lipinski definition) is 2. The molecule has 0 unspecified atom stereocenters. The lowest BCUT2D eigenvalue weighted by atomic mass is 10.2. The van der Waals surface area contributed by atoms with Gasteiger partial charge in [-0.05, 0) is 41.8 Å². The maximum Gasteiger partial charge on any atom is 0.226 e. The van der Waals surface area contributed by atoms with Gasteiger partial charge in [0.05, 0.1) is 0 Å². The summed E-state index contributed by atoms with van der Waals surface area (Å²) in [7, 11) is 0. The average molecular weight is 400 g/mol. The van der Waals surface area contributed by atoms with Crippen molar-refractivity contribution in [2.45, 2.75) is 19.9 Å². The molecule has 6 heteroatoms. The van der Waals surface area contributed by atoms with Crippen LogP contribution in [0, 0.1) is 0 Å². The molecule has 0 atom stereocenters. The maximum absolute atomic E-state index is 12.2. The van der Waals surface area contributed by atoms with E-state index >= 15 is 0 Å². The number of fused-ring (bicyclic) bond motifs is 1. The van der Waals surface area contributed by atoms with Crippen molar-refractivity contribution >= 4 is 50.0 Å². The minimum atomic E-state index is -0.144. The topological polar surface area (TPSA) is 63.1 Å². The third-order valence-corrected chi connectivity index (χ3v) is 4.28. The zero-order valence-electron chi connectivity index (χ0n) is 13.8. The van der Waals surface area contributed by atoms with E-state index in [1.165, 1.54) is 6.92 Å². The number of halogens is 1. The van der Waals surface area contributed by atoms with E-state index in [4.69, 9.17) is 0 Å². The third-order valence-electron chi connectivity index (χ3n) is 3.78. The van der Waals surface area contributed by atoms with E-state index in [0.717, 1.165) is 15.4 Å². The number of anilines is 2. The normalized spacial score (nSPS) is 10.6. The highest BCUT2D eigenvalue weighted by atomic mass is 79.9. The first kappa shape index (κ1) is 17.2. The molecular weight excluding hydrogens is 382 g/mol. The van der Waals surface area contributed by atoms with Crippen molar-refractivity contribution in [3.8, 4) is 0 Å². The summed E-state index contributed by atoms with van der Waals surface area (Å²) in [4.78, 5) is 23.3. The zero-order valence-corrected chi connectivity index (χ0v) is 15.3. The fourth-order valence-electron chi connectivity index (χ4n) is 2.68. The second-order valence-corrected chi connectivity index (χ2v) is 6.69. The molecule has 0 fully saturated rings. The number of carbonyl (C=O) groups is 2. The van der Waals surface area contributed by atoms with E-state index in [9.17, 15) is 9.59 Å². The summed E-state index contributed by atoms with van der Waals surface area (Å²) < 4.78 is 3.08. The van der Waals surface area contributed by atoms with E-state index in [1.807, 2.05) is 30.5 Å². The molecule has 5 nitrogen and oxygen atoms in total. The van der Waals surface area contributed by atoms with E-state index in [0.29, 0.717) is 24.3 Å². The Morgan fingerprint density at radius 1 is 1.04 bits per heavy atom. The molecule has 3 rings (SSSR count). The number of aromatic nitrogens is 1. The number of amides is 2. The van der Waals surface area contributed by atoms with Crippen molar-refractivity contribution in [1.29, 1.82) is 0 Å². The molecule has 2 amide bonds. The van der Waals surface area contributed by atoms with E-state index in [2.05, 4.69) is 31.1 Å². The van der Waals surface area contributed by atoms with Gasteiger partial charge >= 0.3 is 0 Å². The fourth-order valence-corrected chi connectivity index (χ4v) is 3.02. The zero-order chi connectivity index (χ0) is 17.8. The molecular formula is C19H18BrN3O2.